The maximum absolute atomic E-state index is 13.8. The fourth-order valence-corrected chi connectivity index (χ4v) is 6.30. The van der Waals surface area contributed by atoms with Crippen molar-refractivity contribution < 1.29 is 28.5 Å². The van der Waals surface area contributed by atoms with Gasteiger partial charge in [-0.3, -0.25) is 9.36 Å². The molecule has 1 unspecified atom stereocenters. The summed E-state index contributed by atoms with van der Waals surface area (Å²) in [6, 6.07) is 7.13. The van der Waals surface area contributed by atoms with E-state index in [9.17, 15) is 9.59 Å². The fraction of sp³-hybridized carbons (Fsp3) is 0.438. The third-order valence-corrected chi connectivity index (χ3v) is 8.64. The third kappa shape index (κ3) is 6.75. The van der Waals surface area contributed by atoms with Gasteiger partial charge in [-0.15, -0.1) is 17.8 Å². The molecule has 248 valence electrons. The standard InChI is InChI=1S/C32H36ClN7O6S/c1-7-31(6)23(14-44-32(29(42)43-8-2,22-15-47-17-36-22)13-20-9-11-21(34)12-10-20)46-28(25(31)45-19(5)41)40-16-35-24-26(37-18(3)4)38-30(33)39-27(24)40/h1,9-12,15-18,23,25,28H,8,13-14,34H2,2-6H3,(H,37,38,39)/t23-,25+,28-,31+,32?/m1/s1. The molecule has 0 bridgehead atoms. The summed E-state index contributed by atoms with van der Waals surface area (Å²) in [5.41, 5.74) is 7.09. The first-order valence-corrected chi connectivity index (χ1v) is 16.2. The van der Waals surface area contributed by atoms with Crippen LogP contribution in [0, 0.1) is 17.8 Å². The van der Waals surface area contributed by atoms with Crippen molar-refractivity contribution in [2.45, 2.75) is 71.1 Å². The van der Waals surface area contributed by atoms with Gasteiger partial charge < -0.3 is 30.0 Å². The Morgan fingerprint density at radius 1 is 1.28 bits per heavy atom. The maximum atomic E-state index is 13.8. The lowest BCUT2D eigenvalue weighted by atomic mass is 9.81. The molecule has 15 heteroatoms. The first-order chi connectivity index (χ1) is 22.4. The van der Waals surface area contributed by atoms with Crippen LogP contribution in [0.15, 0.2) is 41.5 Å². The van der Waals surface area contributed by atoms with E-state index in [0.29, 0.717) is 28.4 Å². The summed E-state index contributed by atoms with van der Waals surface area (Å²) in [5, 5.41) is 4.94. The number of aromatic nitrogens is 5. The summed E-state index contributed by atoms with van der Waals surface area (Å²) in [6.45, 7) is 8.54. The molecule has 1 aliphatic rings. The summed E-state index contributed by atoms with van der Waals surface area (Å²) in [6.07, 6.45) is 4.84. The summed E-state index contributed by atoms with van der Waals surface area (Å²) in [5.74, 6) is 2.01. The molecule has 4 aromatic rings. The molecule has 0 saturated carbocycles. The normalized spacial score (nSPS) is 22.1. The van der Waals surface area contributed by atoms with E-state index in [0.717, 1.165) is 5.56 Å². The second-order valence-corrected chi connectivity index (χ2v) is 12.6. The van der Waals surface area contributed by atoms with Crippen LogP contribution in [-0.2, 0) is 40.6 Å². The van der Waals surface area contributed by atoms with Crippen molar-refractivity contribution in [1.29, 1.82) is 0 Å². The largest absolute Gasteiger partial charge is 0.464 e. The summed E-state index contributed by atoms with van der Waals surface area (Å²) >= 11 is 7.63. The van der Waals surface area contributed by atoms with E-state index >= 15 is 0 Å². The van der Waals surface area contributed by atoms with Gasteiger partial charge in [0.05, 0.1) is 36.2 Å². The Kier molecular flexibility index (Phi) is 10.0. The highest BCUT2D eigenvalue weighted by atomic mass is 35.5. The molecule has 1 fully saturated rings. The molecule has 0 amide bonds. The Balaban J connectivity index is 1.56. The fourth-order valence-electron chi connectivity index (χ4n) is 5.52. The molecule has 4 heterocycles. The Bertz CT molecular complexity index is 1780. The van der Waals surface area contributed by atoms with E-state index in [-0.39, 0.29) is 31.0 Å². The third-order valence-electron chi connectivity index (χ3n) is 7.89. The summed E-state index contributed by atoms with van der Waals surface area (Å²) in [7, 11) is 0. The van der Waals surface area contributed by atoms with Crippen molar-refractivity contribution >= 4 is 57.5 Å². The topological polar surface area (TPSA) is 166 Å². The molecular weight excluding hydrogens is 646 g/mol. The van der Waals surface area contributed by atoms with Crippen molar-refractivity contribution in [2.24, 2.45) is 5.41 Å². The number of imidazole rings is 1. The summed E-state index contributed by atoms with van der Waals surface area (Å²) in [4.78, 5) is 43.9. The van der Waals surface area contributed by atoms with Crippen molar-refractivity contribution in [2.75, 3.05) is 24.3 Å². The maximum Gasteiger partial charge on any atom is 0.345 e. The van der Waals surface area contributed by atoms with E-state index in [1.807, 2.05) is 26.0 Å². The minimum atomic E-state index is -1.67. The number of nitrogens with one attached hydrogen (secondary N) is 1. The Morgan fingerprint density at radius 3 is 2.64 bits per heavy atom. The molecular formula is C32H36ClN7O6S. The van der Waals surface area contributed by atoms with Crippen molar-refractivity contribution in [3.63, 3.8) is 0 Å². The van der Waals surface area contributed by atoms with Gasteiger partial charge in [0.15, 0.2) is 29.3 Å². The molecule has 0 radical (unpaired) electrons. The zero-order valence-corrected chi connectivity index (χ0v) is 28.2. The highest BCUT2D eigenvalue weighted by Gasteiger charge is 2.57. The zero-order valence-electron chi connectivity index (χ0n) is 26.6. The number of rotatable bonds is 12. The minimum Gasteiger partial charge on any atom is -0.464 e. The quantitative estimate of drug-likeness (QED) is 0.0930. The molecule has 1 aromatic carbocycles. The van der Waals surface area contributed by atoms with Gasteiger partial charge in [-0.1, -0.05) is 18.1 Å². The van der Waals surface area contributed by atoms with Crippen molar-refractivity contribution in [3.8, 4) is 12.3 Å². The van der Waals surface area contributed by atoms with Crippen LogP contribution in [0.2, 0.25) is 5.28 Å². The lowest BCUT2D eigenvalue weighted by molar-refractivity contribution is -0.182. The van der Waals surface area contributed by atoms with E-state index < -0.39 is 41.4 Å². The molecule has 5 rings (SSSR count). The second kappa shape index (κ2) is 13.8. The number of carbonyl (C=O) groups excluding carboxylic acids is 2. The SMILES string of the molecule is C#C[C@@]1(C)[C@@H](COC(Cc2ccc(N)cc2)(C(=O)OCC)c2cscn2)O[C@@H](n2cnc3c(NC(C)C)nc(Cl)nc32)[C@@H]1OC(C)=O. The Morgan fingerprint density at radius 2 is 2.02 bits per heavy atom. The lowest BCUT2D eigenvalue weighted by Crippen LogP contribution is -2.47. The van der Waals surface area contributed by atoms with Gasteiger partial charge in [0.2, 0.25) is 10.9 Å². The van der Waals surface area contributed by atoms with Crippen LogP contribution in [0.1, 0.15) is 52.1 Å². The van der Waals surface area contributed by atoms with Crippen LogP contribution < -0.4 is 11.1 Å². The van der Waals surface area contributed by atoms with Crippen LogP contribution >= 0.6 is 22.9 Å². The van der Waals surface area contributed by atoms with Gasteiger partial charge in [-0.25, -0.2) is 14.8 Å². The smallest absolute Gasteiger partial charge is 0.345 e. The number of fused-ring (bicyclic) bond motifs is 1. The predicted molar refractivity (Wildman–Crippen MR) is 176 cm³/mol. The molecule has 1 aliphatic heterocycles. The van der Waals surface area contributed by atoms with Gasteiger partial charge in [-0.2, -0.15) is 9.97 Å². The highest BCUT2D eigenvalue weighted by molar-refractivity contribution is 7.07. The molecule has 47 heavy (non-hydrogen) atoms. The van der Waals surface area contributed by atoms with Crippen molar-refractivity contribution in [1.82, 2.24) is 24.5 Å². The number of nitrogen functional groups attached to an aromatic ring is 1. The number of anilines is 2. The molecule has 5 atom stereocenters. The van der Waals surface area contributed by atoms with Crippen LogP contribution in [0.4, 0.5) is 11.5 Å². The number of hydrogen-bond donors (Lipinski definition) is 2. The van der Waals surface area contributed by atoms with Gasteiger partial charge in [0.25, 0.3) is 0 Å². The number of hydrogen-bond acceptors (Lipinski definition) is 13. The monoisotopic (exact) mass is 681 g/mol. The lowest BCUT2D eigenvalue weighted by Gasteiger charge is -2.34. The molecule has 3 N–H and O–H groups in total. The van der Waals surface area contributed by atoms with Gasteiger partial charge in [-0.05, 0) is 57.0 Å². The zero-order chi connectivity index (χ0) is 33.9. The number of carbonyl (C=O) groups is 2. The predicted octanol–water partition coefficient (Wildman–Crippen LogP) is 4.53. The van der Waals surface area contributed by atoms with Gasteiger partial charge in [0, 0.05) is 30.5 Å². The molecule has 13 nitrogen and oxygen atoms in total. The highest BCUT2D eigenvalue weighted by Crippen LogP contribution is 2.47. The second-order valence-electron chi connectivity index (χ2n) is 11.6. The number of ether oxygens (including phenoxy) is 4. The summed E-state index contributed by atoms with van der Waals surface area (Å²) < 4.78 is 26.2. The Hall–Kier alpha value is -4.29. The minimum absolute atomic E-state index is 0.0193. The van der Waals surface area contributed by atoms with Gasteiger partial charge >= 0.3 is 11.9 Å². The van der Waals surface area contributed by atoms with E-state index in [4.69, 9.17) is 42.7 Å². The molecule has 0 aliphatic carbocycles. The van der Waals surface area contributed by atoms with Crippen LogP contribution in [0.5, 0.6) is 0 Å². The number of nitrogens with zero attached hydrogens (tertiary/aromatic N) is 5. The molecule has 3 aromatic heterocycles. The number of nitrogens with two attached hydrogens (primary N) is 1. The van der Waals surface area contributed by atoms with E-state index in [1.165, 1.54) is 24.6 Å². The number of thiazole rings is 1. The molecule has 1 saturated heterocycles. The number of benzene rings is 1. The number of halogens is 1. The average Bonchev–Trinajstić information content (AvgIpc) is 3.76. The van der Waals surface area contributed by atoms with Crippen LogP contribution in [0.25, 0.3) is 11.2 Å². The first kappa shape index (κ1) is 34.1. The number of esters is 2. The molecule has 0 spiro atoms. The van der Waals surface area contributed by atoms with E-state index in [1.54, 1.807) is 41.4 Å². The van der Waals surface area contributed by atoms with Crippen LogP contribution in [0.3, 0.4) is 0 Å². The Labute approximate surface area is 281 Å². The van der Waals surface area contributed by atoms with Crippen LogP contribution in [-0.4, -0.2) is 67.9 Å². The van der Waals surface area contributed by atoms with Crippen molar-refractivity contribution in [3.05, 3.63) is 58.0 Å². The van der Waals surface area contributed by atoms with E-state index in [2.05, 4.69) is 31.2 Å². The first-order valence-electron chi connectivity index (χ1n) is 14.9. The number of terminal acetylenes is 1. The average molecular weight is 682 g/mol. The van der Waals surface area contributed by atoms with Gasteiger partial charge in [0.1, 0.15) is 6.10 Å².